The third-order valence-corrected chi connectivity index (χ3v) is 6.63. The van der Waals surface area contributed by atoms with E-state index in [9.17, 15) is 9.59 Å². The minimum absolute atomic E-state index is 0.207. The summed E-state index contributed by atoms with van der Waals surface area (Å²) in [5.41, 5.74) is 2.35. The number of allylic oxidation sites excluding steroid dienone is 1. The first kappa shape index (κ1) is 21.7. The van der Waals surface area contributed by atoms with E-state index in [1.807, 2.05) is 42.5 Å². The average Bonchev–Trinajstić information content (AvgIpc) is 3.04. The fourth-order valence-electron chi connectivity index (χ4n) is 3.46. The quantitative estimate of drug-likeness (QED) is 0.487. The fraction of sp³-hybridized carbons (Fsp3) is 0.174. The molecule has 2 aromatic carbocycles. The van der Waals surface area contributed by atoms with Gasteiger partial charge in [0, 0.05) is 9.50 Å². The number of hydrogen-bond acceptors (Lipinski definition) is 5. The number of carbonyl (C=O) groups is 1. The van der Waals surface area contributed by atoms with E-state index in [0.717, 1.165) is 15.6 Å². The van der Waals surface area contributed by atoms with Crippen LogP contribution in [0.5, 0.6) is 0 Å². The van der Waals surface area contributed by atoms with Gasteiger partial charge in [0.15, 0.2) is 4.80 Å². The molecule has 4 rings (SSSR count). The first-order valence-corrected chi connectivity index (χ1v) is 11.6. The number of hydrogen-bond donors (Lipinski definition) is 0. The molecule has 3 aromatic rings. The lowest BCUT2D eigenvalue weighted by Gasteiger charge is -2.24. The summed E-state index contributed by atoms with van der Waals surface area (Å²) >= 11 is 10.8. The van der Waals surface area contributed by atoms with E-state index in [1.54, 1.807) is 30.5 Å². The molecule has 0 unspecified atom stereocenters. The summed E-state index contributed by atoms with van der Waals surface area (Å²) in [4.78, 5) is 31.4. The smallest absolute Gasteiger partial charge is 0.338 e. The van der Waals surface area contributed by atoms with Crippen LogP contribution >= 0.6 is 38.9 Å². The number of ether oxygens (including phenoxy) is 1. The van der Waals surface area contributed by atoms with E-state index in [2.05, 4.69) is 20.9 Å². The predicted molar refractivity (Wildman–Crippen MR) is 126 cm³/mol. The molecule has 1 aliphatic heterocycles. The molecule has 0 bridgehead atoms. The maximum absolute atomic E-state index is 13.4. The van der Waals surface area contributed by atoms with Crippen LogP contribution in [-0.4, -0.2) is 17.1 Å². The van der Waals surface area contributed by atoms with Gasteiger partial charge >= 0.3 is 5.97 Å². The van der Waals surface area contributed by atoms with Crippen LogP contribution in [0.2, 0.25) is 5.02 Å². The minimum atomic E-state index is -0.639. The highest BCUT2D eigenvalue weighted by Gasteiger charge is 2.33. The Labute approximate surface area is 196 Å². The third-order valence-electron chi connectivity index (χ3n) is 4.87. The number of fused-ring (bicyclic) bond motifs is 1. The van der Waals surface area contributed by atoms with E-state index in [-0.39, 0.29) is 12.2 Å². The van der Waals surface area contributed by atoms with Crippen molar-refractivity contribution >= 4 is 50.9 Å². The Morgan fingerprint density at radius 1 is 1.23 bits per heavy atom. The summed E-state index contributed by atoms with van der Waals surface area (Å²) in [7, 11) is 0. The number of carbonyl (C=O) groups excluding carboxylic acids is 1. The van der Waals surface area contributed by atoms with Gasteiger partial charge in [-0.2, -0.15) is 0 Å². The highest BCUT2D eigenvalue weighted by atomic mass is 79.9. The average molecular weight is 518 g/mol. The standard InChI is InChI=1S/C23H18BrClN2O3S/c1-3-30-22(29)19-13(2)26-23-27(20(19)15-6-10-17(25)11-7-15)21(28)18(31-23)12-14-4-8-16(24)9-5-14/h4-12,20H,3H2,1-2H3/b18-12-/t20-/m0/s1. The van der Waals surface area contributed by atoms with Crippen LogP contribution in [0.3, 0.4) is 0 Å². The van der Waals surface area contributed by atoms with Gasteiger partial charge in [0.05, 0.1) is 28.5 Å². The van der Waals surface area contributed by atoms with Crippen molar-refractivity contribution in [2.45, 2.75) is 19.9 Å². The van der Waals surface area contributed by atoms with Crippen LogP contribution in [0, 0.1) is 0 Å². The monoisotopic (exact) mass is 516 g/mol. The molecule has 158 valence electrons. The number of aromatic nitrogens is 1. The van der Waals surface area contributed by atoms with Gasteiger partial charge in [-0.15, -0.1) is 0 Å². The molecule has 0 aliphatic carbocycles. The fourth-order valence-corrected chi connectivity index (χ4v) is 4.90. The molecule has 0 radical (unpaired) electrons. The van der Waals surface area contributed by atoms with Crippen LogP contribution < -0.4 is 14.9 Å². The van der Waals surface area contributed by atoms with Gasteiger partial charge in [-0.1, -0.05) is 63.1 Å². The van der Waals surface area contributed by atoms with Crippen LogP contribution in [0.4, 0.5) is 0 Å². The number of halogens is 2. The molecular weight excluding hydrogens is 500 g/mol. The van der Waals surface area contributed by atoms with Crippen molar-refractivity contribution in [1.82, 2.24) is 4.57 Å². The number of esters is 1. The van der Waals surface area contributed by atoms with Gasteiger partial charge in [-0.25, -0.2) is 9.79 Å². The van der Waals surface area contributed by atoms with Gasteiger partial charge in [0.2, 0.25) is 0 Å². The third kappa shape index (κ3) is 4.31. The SMILES string of the molecule is CCOC(=O)C1=C(C)N=c2s/c(=C\c3ccc(Br)cc3)c(=O)n2[C@H]1c1ccc(Cl)cc1. The second kappa shape index (κ2) is 8.94. The van der Waals surface area contributed by atoms with Crippen LogP contribution in [0.25, 0.3) is 6.08 Å². The molecule has 0 N–H and O–H groups in total. The highest BCUT2D eigenvalue weighted by molar-refractivity contribution is 9.10. The van der Waals surface area contributed by atoms with Crippen LogP contribution in [0.1, 0.15) is 31.0 Å². The first-order chi connectivity index (χ1) is 14.9. The molecule has 8 heteroatoms. The molecule has 0 amide bonds. The van der Waals surface area contributed by atoms with Crippen LogP contribution in [-0.2, 0) is 9.53 Å². The van der Waals surface area contributed by atoms with Gasteiger partial charge in [-0.05, 0) is 55.3 Å². The van der Waals surface area contributed by atoms with E-state index in [0.29, 0.717) is 25.6 Å². The number of rotatable bonds is 4. The molecule has 2 heterocycles. The molecule has 31 heavy (non-hydrogen) atoms. The van der Waals surface area contributed by atoms with Crippen molar-refractivity contribution in [2.24, 2.45) is 4.99 Å². The lowest BCUT2D eigenvalue weighted by Crippen LogP contribution is -2.39. The van der Waals surface area contributed by atoms with Crippen molar-refractivity contribution in [3.05, 3.63) is 100 Å². The van der Waals surface area contributed by atoms with E-state index >= 15 is 0 Å². The van der Waals surface area contributed by atoms with E-state index < -0.39 is 12.0 Å². The molecule has 0 saturated carbocycles. The molecular formula is C23H18BrClN2O3S. The molecule has 0 saturated heterocycles. The van der Waals surface area contributed by atoms with E-state index in [1.165, 1.54) is 11.3 Å². The highest BCUT2D eigenvalue weighted by Crippen LogP contribution is 2.31. The maximum atomic E-state index is 13.4. The Morgan fingerprint density at radius 2 is 1.90 bits per heavy atom. The predicted octanol–water partition coefficient (Wildman–Crippen LogP) is 4.21. The molecule has 0 fully saturated rings. The minimum Gasteiger partial charge on any atom is -0.463 e. The van der Waals surface area contributed by atoms with Crippen molar-refractivity contribution in [3.63, 3.8) is 0 Å². The van der Waals surface area contributed by atoms with Crippen molar-refractivity contribution < 1.29 is 9.53 Å². The Bertz CT molecular complexity index is 1360. The lowest BCUT2D eigenvalue weighted by atomic mass is 9.96. The summed E-state index contributed by atoms with van der Waals surface area (Å²) < 4.78 is 8.36. The van der Waals surface area contributed by atoms with Crippen LogP contribution in [0.15, 0.2) is 74.1 Å². The van der Waals surface area contributed by atoms with Gasteiger partial charge in [0.1, 0.15) is 0 Å². The summed E-state index contributed by atoms with van der Waals surface area (Å²) in [6.07, 6.45) is 1.83. The van der Waals surface area contributed by atoms with Gasteiger partial charge in [-0.3, -0.25) is 9.36 Å². The Morgan fingerprint density at radius 3 is 2.55 bits per heavy atom. The number of benzene rings is 2. The largest absolute Gasteiger partial charge is 0.463 e. The summed E-state index contributed by atoms with van der Waals surface area (Å²) in [6, 6.07) is 14.2. The van der Waals surface area contributed by atoms with Crippen molar-refractivity contribution in [3.8, 4) is 0 Å². The normalized spacial score (nSPS) is 16.1. The zero-order chi connectivity index (χ0) is 22.1. The topological polar surface area (TPSA) is 60.7 Å². The molecule has 0 spiro atoms. The first-order valence-electron chi connectivity index (χ1n) is 9.59. The second-order valence-electron chi connectivity index (χ2n) is 6.91. The molecule has 1 aliphatic rings. The molecule has 1 atom stereocenters. The Kier molecular flexibility index (Phi) is 6.27. The lowest BCUT2D eigenvalue weighted by molar-refractivity contribution is -0.139. The number of nitrogens with zero attached hydrogens (tertiary/aromatic N) is 2. The van der Waals surface area contributed by atoms with Gasteiger partial charge < -0.3 is 4.74 Å². The summed E-state index contributed by atoms with van der Waals surface area (Å²) in [6.45, 7) is 3.75. The molecule has 5 nitrogen and oxygen atoms in total. The zero-order valence-electron chi connectivity index (χ0n) is 16.8. The summed E-state index contributed by atoms with van der Waals surface area (Å²) in [5.74, 6) is -0.481. The Hall–Kier alpha value is -2.48. The van der Waals surface area contributed by atoms with Gasteiger partial charge in [0.25, 0.3) is 5.56 Å². The second-order valence-corrected chi connectivity index (χ2v) is 9.27. The van der Waals surface area contributed by atoms with Crippen molar-refractivity contribution in [1.29, 1.82) is 0 Å². The maximum Gasteiger partial charge on any atom is 0.338 e. The Balaban J connectivity index is 1.94. The summed E-state index contributed by atoms with van der Waals surface area (Å²) in [5, 5.41) is 0.574. The molecule has 1 aromatic heterocycles. The zero-order valence-corrected chi connectivity index (χ0v) is 19.9. The van der Waals surface area contributed by atoms with Crippen molar-refractivity contribution in [2.75, 3.05) is 6.61 Å². The van der Waals surface area contributed by atoms with E-state index in [4.69, 9.17) is 16.3 Å². The number of thiazole rings is 1.